The van der Waals surface area contributed by atoms with Crippen LogP contribution in [-0.4, -0.2) is 26.1 Å². The molecule has 0 atom stereocenters. The molecule has 4 aromatic rings. The van der Waals surface area contributed by atoms with Crippen LogP contribution in [0.2, 0.25) is 0 Å². The standard InChI is InChI=1S/C22H24N6O/c1-2-3-13-24-21-26-19(23)18-20(27-21)28(22(29)25-18)14-15-9-11-17(12-10-15)16-7-5-4-6-8-16/h4-12H,2-3,13-14H2,1H3,(H,25,29)(H3,23,24,26,27). The van der Waals surface area contributed by atoms with Crippen LogP contribution >= 0.6 is 0 Å². The molecular formula is C22H24N6O. The third kappa shape index (κ3) is 3.99. The van der Waals surface area contributed by atoms with E-state index in [0.29, 0.717) is 23.7 Å². The first-order valence-corrected chi connectivity index (χ1v) is 9.80. The molecule has 2 aromatic heterocycles. The minimum Gasteiger partial charge on any atom is -0.382 e. The number of unbranched alkanes of at least 4 members (excludes halogenated alkanes) is 1. The molecule has 0 spiro atoms. The lowest BCUT2D eigenvalue weighted by Crippen LogP contribution is -2.18. The zero-order valence-corrected chi connectivity index (χ0v) is 16.4. The fourth-order valence-corrected chi connectivity index (χ4v) is 3.27. The Kier molecular flexibility index (Phi) is 5.29. The van der Waals surface area contributed by atoms with Crippen LogP contribution in [0.25, 0.3) is 22.3 Å². The van der Waals surface area contributed by atoms with Crippen LogP contribution in [0.4, 0.5) is 11.8 Å². The van der Waals surface area contributed by atoms with Crippen LogP contribution in [-0.2, 0) is 6.54 Å². The van der Waals surface area contributed by atoms with Gasteiger partial charge >= 0.3 is 5.69 Å². The summed E-state index contributed by atoms with van der Waals surface area (Å²) >= 11 is 0. The minimum atomic E-state index is -0.251. The highest BCUT2D eigenvalue weighted by molar-refractivity contribution is 5.82. The molecule has 7 nitrogen and oxygen atoms in total. The average Bonchev–Trinajstić information content (AvgIpc) is 3.05. The van der Waals surface area contributed by atoms with Crippen LogP contribution < -0.4 is 16.7 Å². The molecule has 2 heterocycles. The van der Waals surface area contributed by atoms with Crippen molar-refractivity contribution in [3.05, 3.63) is 70.6 Å². The Morgan fingerprint density at radius 2 is 1.76 bits per heavy atom. The first-order valence-electron chi connectivity index (χ1n) is 9.80. The molecule has 4 rings (SSSR count). The summed E-state index contributed by atoms with van der Waals surface area (Å²) in [6, 6.07) is 18.4. The smallest absolute Gasteiger partial charge is 0.328 e. The fourth-order valence-electron chi connectivity index (χ4n) is 3.27. The number of aromatic amines is 1. The number of nitrogens with two attached hydrogens (primary N) is 1. The van der Waals surface area contributed by atoms with Gasteiger partial charge in [0.15, 0.2) is 11.5 Å². The minimum absolute atomic E-state index is 0.251. The lowest BCUT2D eigenvalue weighted by atomic mass is 10.0. The average molecular weight is 388 g/mol. The van der Waals surface area contributed by atoms with Crippen LogP contribution in [0.3, 0.4) is 0 Å². The van der Waals surface area contributed by atoms with Gasteiger partial charge in [0.05, 0.1) is 6.54 Å². The van der Waals surface area contributed by atoms with E-state index in [1.54, 1.807) is 4.57 Å². The third-order valence-electron chi connectivity index (χ3n) is 4.87. The van der Waals surface area contributed by atoms with Crippen molar-refractivity contribution < 1.29 is 0 Å². The summed E-state index contributed by atoms with van der Waals surface area (Å²) in [5, 5.41) is 3.17. The van der Waals surface area contributed by atoms with Gasteiger partial charge in [0.25, 0.3) is 0 Å². The number of hydrogen-bond acceptors (Lipinski definition) is 5. The molecule has 0 saturated heterocycles. The summed E-state index contributed by atoms with van der Waals surface area (Å²) in [5.41, 5.74) is 10.1. The molecule has 29 heavy (non-hydrogen) atoms. The predicted molar refractivity (Wildman–Crippen MR) is 117 cm³/mol. The van der Waals surface area contributed by atoms with E-state index in [0.717, 1.165) is 36.1 Å². The van der Waals surface area contributed by atoms with E-state index >= 15 is 0 Å². The van der Waals surface area contributed by atoms with Crippen molar-refractivity contribution in [3.8, 4) is 11.1 Å². The quantitative estimate of drug-likeness (QED) is 0.420. The number of nitrogens with zero attached hydrogens (tertiary/aromatic N) is 3. The number of fused-ring (bicyclic) bond motifs is 1. The summed E-state index contributed by atoms with van der Waals surface area (Å²) in [6.07, 6.45) is 2.08. The molecule has 2 aromatic carbocycles. The first kappa shape index (κ1) is 18.7. The Labute approximate surface area is 168 Å². The van der Waals surface area contributed by atoms with Gasteiger partial charge in [-0.1, -0.05) is 67.9 Å². The van der Waals surface area contributed by atoms with Gasteiger partial charge in [-0.05, 0) is 23.1 Å². The molecular weight excluding hydrogens is 364 g/mol. The largest absolute Gasteiger partial charge is 0.382 e. The molecule has 4 N–H and O–H groups in total. The zero-order chi connectivity index (χ0) is 20.2. The highest BCUT2D eigenvalue weighted by Crippen LogP contribution is 2.21. The lowest BCUT2D eigenvalue weighted by molar-refractivity contribution is 0.776. The van der Waals surface area contributed by atoms with Crippen LogP contribution in [0.1, 0.15) is 25.3 Å². The number of nitrogen functional groups attached to an aromatic ring is 1. The molecule has 0 fully saturated rings. The van der Waals surface area contributed by atoms with Crippen molar-refractivity contribution in [1.82, 2.24) is 19.5 Å². The second kappa shape index (κ2) is 8.18. The maximum Gasteiger partial charge on any atom is 0.328 e. The molecule has 0 radical (unpaired) electrons. The van der Waals surface area contributed by atoms with Gasteiger partial charge in [0, 0.05) is 6.54 Å². The molecule has 0 saturated carbocycles. The van der Waals surface area contributed by atoms with E-state index in [9.17, 15) is 4.79 Å². The van der Waals surface area contributed by atoms with Crippen molar-refractivity contribution in [2.75, 3.05) is 17.6 Å². The summed E-state index contributed by atoms with van der Waals surface area (Å²) in [5.74, 6) is 0.708. The van der Waals surface area contributed by atoms with E-state index in [1.165, 1.54) is 0 Å². The number of H-pyrrole nitrogens is 1. The summed E-state index contributed by atoms with van der Waals surface area (Å²) in [7, 11) is 0. The van der Waals surface area contributed by atoms with Crippen LogP contribution in [0, 0.1) is 0 Å². The molecule has 0 unspecified atom stereocenters. The van der Waals surface area contributed by atoms with Crippen molar-refractivity contribution in [1.29, 1.82) is 0 Å². The highest BCUT2D eigenvalue weighted by Gasteiger charge is 2.14. The number of rotatable bonds is 7. The monoisotopic (exact) mass is 388 g/mol. The van der Waals surface area contributed by atoms with Gasteiger partial charge in [0.1, 0.15) is 5.52 Å². The lowest BCUT2D eigenvalue weighted by Gasteiger charge is -2.08. The van der Waals surface area contributed by atoms with Gasteiger partial charge in [0.2, 0.25) is 5.95 Å². The SMILES string of the molecule is CCCCNc1nc(N)c2[nH]c(=O)n(Cc3ccc(-c4ccccc4)cc3)c2n1. The second-order valence-corrected chi connectivity index (χ2v) is 6.99. The third-order valence-corrected chi connectivity index (χ3v) is 4.87. The fraction of sp³-hybridized carbons (Fsp3) is 0.227. The van der Waals surface area contributed by atoms with Gasteiger partial charge in [-0.15, -0.1) is 0 Å². The zero-order valence-electron chi connectivity index (χ0n) is 16.4. The Hall–Kier alpha value is -3.61. The van der Waals surface area contributed by atoms with Crippen molar-refractivity contribution >= 4 is 22.9 Å². The molecule has 0 aliphatic carbocycles. The maximum absolute atomic E-state index is 12.5. The Morgan fingerprint density at radius 1 is 1.03 bits per heavy atom. The van der Waals surface area contributed by atoms with Gasteiger partial charge in [-0.2, -0.15) is 9.97 Å². The van der Waals surface area contributed by atoms with E-state index in [2.05, 4.69) is 51.5 Å². The normalized spacial score (nSPS) is 11.1. The van der Waals surface area contributed by atoms with E-state index in [1.807, 2.05) is 30.3 Å². The van der Waals surface area contributed by atoms with E-state index in [4.69, 9.17) is 5.73 Å². The highest BCUT2D eigenvalue weighted by atomic mass is 16.1. The Balaban J connectivity index is 1.63. The second-order valence-electron chi connectivity index (χ2n) is 6.99. The number of benzene rings is 2. The van der Waals surface area contributed by atoms with E-state index in [-0.39, 0.29) is 11.5 Å². The number of aromatic nitrogens is 4. The number of anilines is 2. The maximum atomic E-state index is 12.5. The number of imidazole rings is 1. The van der Waals surface area contributed by atoms with Gasteiger partial charge in [-0.25, -0.2) is 4.79 Å². The molecule has 0 aliphatic rings. The first-order chi connectivity index (χ1) is 14.2. The van der Waals surface area contributed by atoms with Crippen molar-refractivity contribution in [2.45, 2.75) is 26.3 Å². The summed E-state index contributed by atoms with van der Waals surface area (Å²) in [4.78, 5) is 24.1. The van der Waals surface area contributed by atoms with Crippen LogP contribution in [0.5, 0.6) is 0 Å². The Morgan fingerprint density at radius 3 is 2.48 bits per heavy atom. The Bertz CT molecular complexity index is 1160. The summed E-state index contributed by atoms with van der Waals surface area (Å²) in [6.45, 7) is 3.28. The molecule has 0 aliphatic heterocycles. The molecule has 148 valence electrons. The van der Waals surface area contributed by atoms with Crippen LogP contribution in [0.15, 0.2) is 59.4 Å². The van der Waals surface area contributed by atoms with Crippen molar-refractivity contribution in [3.63, 3.8) is 0 Å². The van der Waals surface area contributed by atoms with E-state index < -0.39 is 0 Å². The van der Waals surface area contributed by atoms with Crippen molar-refractivity contribution in [2.24, 2.45) is 0 Å². The van der Waals surface area contributed by atoms with Gasteiger partial charge < -0.3 is 16.0 Å². The summed E-state index contributed by atoms with van der Waals surface area (Å²) < 4.78 is 1.59. The number of hydrogen-bond donors (Lipinski definition) is 3. The topological polar surface area (TPSA) is 102 Å². The molecule has 0 bridgehead atoms. The molecule has 7 heteroatoms. The molecule has 0 amide bonds. The van der Waals surface area contributed by atoms with Gasteiger partial charge in [-0.3, -0.25) is 4.57 Å². The number of nitrogens with one attached hydrogen (secondary N) is 2. The predicted octanol–water partition coefficient (Wildman–Crippen LogP) is 3.63.